The Hall–Kier alpha value is -3.45. The molecule has 3 heterocycles. The van der Waals surface area contributed by atoms with Crippen LogP contribution in [0.5, 0.6) is 0 Å². The molecule has 3 aromatic rings. The molecule has 2 saturated heterocycles. The number of aryl methyl sites for hydroxylation is 2. The quantitative estimate of drug-likeness (QED) is 0.452. The second kappa shape index (κ2) is 8.64. The van der Waals surface area contributed by atoms with E-state index in [4.69, 9.17) is 0 Å². The summed E-state index contributed by atoms with van der Waals surface area (Å²) in [5.41, 5.74) is 2.97. The SMILES string of the molecule is CCCCN1C(=O)C2C(c3cc(C)ccc3C)NC(Cc3c[nH]c4ccccc34)(C(=O)O)C2C1=O. The average molecular weight is 474 g/mol. The van der Waals surface area contributed by atoms with Crippen molar-refractivity contribution in [2.24, 2.45) is 11.8 Å². The average Bonchev–Trinajstić information content (AvgIpc) is 3.47. The van der Waals surface area contributed by atoms with E-state index >= 15 is 0 Å². The first-order valence-electron chi connectivity index (χ1n) is 12.3. The fourth-order valence-electron chi connectivity index (χ4n) is 5.97. The number of hydrogen-bond acceptors (Lipinski definition) is 4. The second-order valence-corrected chi connectivity index (χ2v) is 9.98. The van der Waals surface area contributed by atoms with E-state index in [9.17, 15) is 19.5 Å². The lowest BCUT2D eigenvalue weighted by atomic mass is 9.76. The molecular weight excluding hydrogens is 442 g/mol. The molecule has 0 aliphatic carbocycles. The van der Waals surface area contributed by atoms with Gasteiger partial charge in [0.05, 0.1) is 11.8 Å². The van der Waals surface area contributed by atoms with Crippen LogP contribution in [0.15, 0.2) is 48.7 Å². The number of imide groups is 1. The molecule has 2 amide bonds. The Morgan fingerprint density at radius 3 is 2.63 bits per heavy atom. The molecule has 0 bridgehead atoms. The van der Waals surface area contributed by atoms with Crippen LogP contribution in [0.25, 0.3) is 10.9 Å². The Bertz CT molecular complexity index is 1330. The van der Waals surface area contributed by atoms with Gasteiger partial charge in [-0.1, -0.05) is 55.3 Å². The first-order valence-corrected chi connectivity index (χ1v) is 12.3. The van der Waals surface area contributed by atoms with E-state index in [2.05, 4.69) is 10.3 Å². The third-order valence-electron chi connectivity index (χ3n) is 7.78. The number of carboxylic acid groups (broad SMARTS) is 1. The van der Waals surface area contributed by atoms with Crippen LogP contribution in [-0.2, 0) is 20.8 Å². The lowest BCUT2D eigenvalue weighted by Gasteiger charge is -2.31. The van der Waals surface area contributed by atoms with Crippen LogP contribution in [0.1, 0.15) is 48.1 Å². The third kappa shape index (κ3) is 3.57. The zero-order valence-corrected chi connectivity index (χ0v) is 20.3. The number of fused-ring (bicyclic) bond motifs is 2. The van der Waals surface area contributed by atoms with Crippen LogP contribution in [-0.4, -0.2) is 44.9 Å². The number of carbonyl (C=O) groups excluding carboxylic acids is 2. The van der Waals surface area contributed by atoms with Crippen LogP contribution in [0.2, 0.25) is 0 Å². The number of nitrogens with one attached hydrogen (secondary N) is 2. The van der Waals surface area contributed by atoms with Gasteiger partial charge in [-0.2, -0.15) is 0 Å². The van der Waals surface area contributed by atoms with Crippen molar-refractivity contribution in [3.05, 3.63) is 70.9 Å². The van der Waals surface area contributed by atoms with Gasteiger partial charge in [0.2, 0.25) is 11.8 Å². The third-order valence-corrected chi connectivity index (χ3v) is 7.78. The highest BCUT2D eigenvalue weighted by Gasteiger charge is 2.68. The molecular formula is C28H31N3O4. The molecule has 2 aliphatic heterocycles. The van der Waals surface area contributed by atoms with Gasteiger partial charge in [-0.25, -0.2) is 0 Å². The largest absolute Gasteiger partial charge is 0.480 e. The summed E-state index contributed by atoms with van der Waals surface area (Å²) >= 11 is 0. The Kier molecular flexibility index (Phi) is 5.75. The summed E-state index contributed by atoms with van der Waals surface area (Å²) in [4.78, 5) is 45.0. The van der Waals surface area contributed by atoms with Crippen molar-refractivity contribution < 1.29 is 19.5 Å². The van der Waals surface area contributed by atoms with Crippen LogP contribution >= 0.6 is 0 Å². The maximum atomic E-state index is 13.7. The molecule has 7 heteroatoms. The molecule has 2 aromatic carbocycles. The van der Waals surface area contributed by atoms with Crippen LogP contribution in [0.3, 0.4) is 0 Å². The Balaban J connectivity index is 1.66. The van der Waals surface area contributed by atoms with Crippen LogP contribution in [0, 0.1) is 25.7 Å². The lowest BCUT2D eigenvalue weighted by molar-refractivity contribution is -0.151. The van der Waals surface area contributed by atoms with Gasteiger partial charge in [0.25, 0.3) is 0 Å². The van der Waals surface area contributed by atoms with E-state index < -0.39 is 29.4 Å². The van der Waals surface area contributed by atoms with Gasteiger partial charge < -0.3 is 10.1 Å². The van der Waals surface area contributed by atoms with E-state index in [-0.39, 0.29) is 18.2 Å². The first-order chi connectivity index (χ1) is 16.8. The molecule has 1 aromatic heterocycles. The molecule has 0 saturated carbocycles. The summed E-state index contributed by atoms with van der Waals surface area (Å²) in [5.74, 6) is -3.50. The highest BCUT2D eigenvalue weighted by atomic mass is 16.4. The molecule has 2 fully saturated rings. The molecule has 35 heavy (non-hydrogen) atoms. The highest BCUT2D eigenvalue weighted by Crippen LogP contribution is 2.51. The molecule has 5 rings (SSSR count). The fourth-order valence-corrected chi connectivity index (χ4v) is 5.97. The van der Waals surface area contributed by atoms with Crippen LogP contribution in [0.4, 0.5) is 0 Å². The minimum atomic E-state index is -1.61. The highest BCUT2D eigenvalue weighted by molar-refractivity contribution is 6.09. The molecule has 7 nitrogen and oxygen atoms in total. The van der Waals surface area contributed by atoms with E-state index in [0.29, 0.717) is 13.0 Å². The Labute approximate surface area is 204 Å². The number of hydrogen-bond donors (Lipinski definition) is 3. The molecule has 0 radical (unpaired) electrons. The van der Waals surface area contributed by atoms with Crippen molar-refractivity contribution in [1.29, 1.82) is 0 Å². The second-order valence-electron chi connectivity index (χ2n) is 9.98. The van der Waals surface area contributed by atoms with Crippen molar-refractivity contribution in [3.63, 3.8) is 0 Å². The molecule has 0 spiro atoms. The minimum Gasteiger partial charge on any atom is -0.480 e. The zero-order chi connectivity index (χ0) is 24.9. The summed E-state index contributed by atoms with van der Waals surface area (Å²) < 4.78 is 0. The van der Waals surface area contributed by atoms with E-state index in [1.54, 1.807) is 0 Å². The predicted octanol–water partition coefficient (Wildman–Crippen LogP) is 3.90. The zero-order valence-electron chi connectivity index (χ0n) is 20.3. The molecule has 4 atom stereocenters. The number of unbranched alkanes of at least 4 members (excludes halogenated alkanes) is 1. The lowest BCUT2D eigenvalue weighted by Crippen LogP contribution is -2.57. The number of aliphatic carboxylic acids is 1. The summed E-state index contributed by atoms with van der Waals surface area (Å²) in [6.07, 6.45) is 3.44. The number of para-hydroxylation sites is 1. The predicted molar refractivity (Wildman–Crippen MR) is 133 cm³/mol. The standard InChI is InChI=1S/C28H31N3O4/c1-4-5-12-31-25(32)22-23(26(31)33)28(27(34)35,14-18-15-29-21-9-7-6-8-19(18)21)30-24(22)20-13-16(2)10-11-17(20)3/h6-11,13,15,22-24,29-30H,4-5,12,14H2,1-3H3,(H,34,35). The molecule has 182 valence electrons. The number of aromatic amines is 1. The fraction of sp³-hybridized carbons (Fsp3) is 0.393. The maximum absolute atomic E-state index is 13.7. The van der Waals surface area contributed by atoms with E-state index in [1.807, 2.05) is 69.4 Å². The minimum absolute atomic E-state index is 0.0928. The van der Waals surface area contributed by atoms with Crippen LogP contribution < -0.4 is 5.32 Å². The maximum Gasteiger partial charge on any atom is 0.325 e. The summed E-state index contributed by atoms with van der Waals surface area (Å²) in [6, 6.07) is 13.1. The monoisotopic (exact) mass is 473 g/mol. The molecule has 3 N–H and O–H groups in total. The van der Waals surface area contributed by atoms with E-state index in [0.717, 1.165) is 39.6 Å². The van der Waals surface area contributed by atoms with Crippen molar-refractivity contribution >= 4 is 28.7 Å². The number of rotatable bonds is 7. The number of likely N-dealkylation sites (tertiary alicyclic amines) is 1. The number of nitrogens with zero attached hydrogens (tertiary/aromatic N) is 1. The van der Waals surface area contributed by atoms with Gasteiger partial charge in [-0.3, -0.25) is 24.6 Å². The van der Waals surface area contributed by atoms with Gasteiger partial charge in [-0.15, -0.1) is 0 Å². The number of amides is 2. The van der Waals surface area contributed by atoms with Crippen molar-refractivity contribution in [2.45, 2.75) is 51.6 Å². The first kappa shape index (κ1) is 23.3. The van der Waals surface area contributed by atoms with E-state index in [1.165, 1.54) is 4.90 Å². The van der Waals surface area contributed by atoms with Crippen molar-refractivity contribution in [3.8, 4) is 0 Å². The smallest absolute Gasteiger partial charge is 0.325 e. The Morgan fingerprint density at radius 2 is 1.89 bits per heavy atom. The summed E-state index contributed by atoms with van der Waals surface area (Å²) in [5, 5.41) is 14.9. The van der Waals surface area contributed by atoms with Gasteiger partial charge in [0, 0.05) is 36.1 Å². The van der Waals surface area contributed by atoms with Crippen molar-refractivity contribution in [2.75, 3.05) is 6.54 Å². The van der Waals surface area contributed by atoms with Gasteiger partial charge in [0.1, 0.15) is 5.54 Å². The topological polar surface area (TPSA) is 102 Å². The molecule has 4 unspecified atom stereocenters. The number of aromatic nitrogens is 1. The summed E-state index contributed by atoms with van der Waals surface area (Å²) in [7, 11) is 0. The van der Waals surface area contributed by atoms with Gasteiger partial charge >= 0.3 is 5.97 Å². The molecule has 2 aliphatic rings. The number of benzene rings is 2. The number of carboxylic acids is 1. The Morgan fingerprint density at radius 1 is 1.11 bits per heavy atom. The number of H-pyrrole nitrogens is 1. The number of carbonyl (C=O) groups is 3. The normalized spacial score (nSPS) is 26.0. The van der Waals surface area contributed by atoms with Crippen molar-refractivity contribution in [1.82, 2.24) is 15.2 Å². The van der Waals surface area contributed by atoms with Gasteiger partial charge in [0.15, 0.2) is 0 Å². The summed E-state index contributed by atoms with van der Waals surface area (Å²) in [6.45, 7) is 6.26. The van der Waals surface area contributed by atoms with Gasteiger partial charge in [-0.05, 0) is 43.0 Å².